The van der Waals surface area contributed by atoms with E-state index in [0.29, 0.717) is 10.2 Å². The highest BCUT2D eigenvalue weighted by Crippen LogP contribution is 2.19. The molecule has 1 amide bonds. The Morgan fingerprint density at radius 1 is 1.08 bits per heavy atom. The number of amides is 1. The molecule has 1 N–H and O–H groups in total. The van der Waals surface area contributed by atoms with Gasteiger partial charge in [0.05, 0.1) is 5.69 Å². The van der Waals surface area contributed by atoms with Gasteiger partial charge in [-0.25, -0.2) is 9.18 Å². The minimum Gasteiger partial charge on any atom is -0.482 e. The van der Waals surface area contributed by atoms with Gasteiger partial charge in [-0.15, -0.1) is 0 Å². The van der Waals surface area contributed by atoms with Gasteiger partial charge in [-0.1, -0.05) is 22.0 Å². The summed E-state index contributed by atoms with van der Waals surface area (Å²) in [7, 11) is 0. The maximum absolute atomic E-state index is 13.6. The molecular weight excluding hydrogens is 393 g/mol. The second-order valence-corrected chi connectivity index (χ2v) is 6.28. The number of hydrogen-bond acceptors (Lipinski definition) is 4. The number of aryl methyl sites for hydroxylation is 2. The van der Waals surface area contributed by atoms with Crippen LogP contribution in [0.2, 0.25) is 0 Å². The smallest absolute Gasteiger partial charge is 0.344 e. The van der Waals surface area contributed by atoms with E-state index < -0.39 is 24.3 Å². The van der Waals surface area contributed by atoms with Crippen LogP contribution in [0.1, 0.15) is 11.1 Å². The molecule has 5 nitrogen and oxygen atoms in total. The molecule has 0 saturated heterocycles. The Morgan fingerprint density at radius 3 is 2.52 bits per heavy atom. The minimum absolute atomic E-state index is 0.00984. The zero-order chi connectivity index (χ0) is 18.4. The maximum Gasteiger partial charge on any atom is 0.344 e. The highest BCUT2D eigenvalue weighted by molar-refractivity contribution is 9.10. The molecule has 0 radical (unpaired) electrons. The number of benzene rings is 2. The predicted molar refractivity (Wildman–Crippen MR) is 95.1 cm³/mol. The van der Waals surface area contributed by atoms with E-state index in [0.717, 1.165) is 11.1 Å². The molecule has 0 unspecified atom stereocenters. The summed E-state index contributed by atoms with van der Waals surface area (Å²) in [4.78, 5) is 23.3. The van der Waals surface area contributed by atoms with E-state index in [2.05, 4.69) is 21.2 Å². The summed E-state index contributed by atoms with van der Waals surface area (Å²) in [5, 5.41) is 2.33. The number of rotatable bonds is 6. The molecule has 0 aliphatic rings. The lowest BCUT2D eigenvalue weighted by Gasteiger charge is -2.09. The second-order valence-electron chi connectivity index (χ2n) is 5.37. The molecule has 0 aliphatic heterocycles. The summed E-state index contributed by atoms with van der Waals surface area (Å²) in [6, 6.07) is 9.66. The van der Waals surface area contributed by atoms with Crippen LogP contribution in [0.4, 0.5) is 10.1 Å². The van der Waals surface area contributed by atoms with Crippen LogP contribution >= 0.6 is 15.9 Å². The predicted octanol–water partition coefficient (Wildman–Crippen LogP) is 3.77. The van der Waals surface area contributed by atoms with Crippen molar-refractivity contribution >= 4 is 33.5 Å². The largest absolute Gasteiger partial charge is 0.482 e. The van der Waals surface area contributed by atoms with E-state index in [9.17, 15) is 14.0 Å². The monoisotopic (exact) mass is 409 g/mol. The number of anilines is 1. The molecule has 0 fully saturated rings. The van der Waals surface area contributed by atoms with Crippen LogP contribution in [0, 0.1) is 19.7 Å². The van der Waals surface area contributed by atoms with Crippen molar-refractivity contribution in [2.75, 3.05) is 18.5 Å². The van der Waals surface area contributed by atoms with Crippen molar-refractivity contribution in [1.82, 2.24) is 0 Å². The molecule has 0 aliphatic carbocycles. The third-order valence-electron chi connectivity index (χ3n) is 3.40. The first kappa shape index (κ1) is 18.9. The van der Waals surface area contributed by atoms with Crippen LogP contribution < -0.4 is 10.1 Å². The summed E-state index contributed by atoms with van der Waals surface area (Å²) < 4.78 is 24.3. The average Bonchev–Trinajstić information content (AvgIpc) is 2.56. The summed E-state index contributed by atoms with van der Waals surface area (Å²) in [6.45, 7) is 3.07. The maximum atomic E-state index is 13.6. The Labute approximate surface area is 153 Å². The van der Waals surface area contributed by atoms with Gasteiger partial charge in [0, 0.05) is 4.47 Å². The number of carbonyl (C=O) groups is 2. The van der Waals surface area contributed by atoms with Gasteiger partial charge in [-0.3, -0.25) is 4.79 Å². The fourth-order valence-corrected chi connectivity index (χ4v) is 2.24. The Morgan fingerprint density at radius 2 is 1.84 bits per heavy atom. The first-order chi connectivity index (χ1) is 11.8. The summed E-state index contributed by atoms with van der Waals surface area (Å²) >= 11 is 3.12. The molecule has 0 bridgehead atoms. The molecule has 2 aromatic rings. The molecule has 25 heavy (non-hydrogen) atoms. The number of esters is 1. The van der Waals surface area contributed by atoms with Crippen LogP contribution in [-0.2, 0) is 14.3 Å². The van der Waals surface area contributed by atoms with Gasteiger partial charge in [0.1, 0.15) is 11.6 Å². The fourth-order valence-electron chi connectivity index (χ4n) is 1.91. The van der Waals surface area contributed by atoms with Crippen molar-refractivity contribution < 1.29 is 23.5 Å². The number of nitrogens with one attached hydrogen (secondary N) is 1. The Bertz CT molecular complexity index is 795. The minimum atomic E-state index is -0.690. The second kappa shape index (κ2) is 8.62. The lowest BCUT2D eigenvalue weighted by molar-refractivity contribution is -0.149. The third kappa shape index (κ3) is 5.86. The van der Waals surface area contributed by atoms with Gasteiger partial charge in [-0.05, 0) is 55.3 Å². The van der Waals surface area contributed by atoms with Gasteiger partial charge in [0.25, 0.3) is 5.91 Å². The summed E-state index contributed by atoms with van der Waals surface area (Å²) in [6.07, 6.45) is 0. The number of carbonyl (C=O) groups excluding carboxylic acids is 2. The van der Waals surface area contributed by atoms with Crippen LogP contribution in [-0.4, -0.2) is 25.1 Å². The Balaban J connectivity index is 1.77. The molecule has 7 heteroatoms. The molecule has 0 heterocycles. The molecule has 132 valence electrons. The highest BCUT2D eigenvalue weighted by Gasteiger charge is 2.11. The van der Waals surface area contributed by atoms with Crippen LogP contribution in [0.5, 0.6) is 5.75 Å². The topological polar surface area (TPSA) is 64.6 Å². The van der Waals surface area contributed by atoms with Crippen molar-refractivity contribution in [3.63, 3.8) is 0 Å². The van der Waals surface area contributed by atoms with Crippen LogP contribution in [0.15, 0.2) is 40.9 Å². The number of halogens is 2. The molecule has 0 saturated carbocycles. The molecular formula is C18H17BrFNO4. The Kier molecular flexibility index (Phi) is 6.52. The van der Waals surface area contributed by atoms with E-state index in [1.165, 1.54) is 12.1 Å². The highest BCUT2D eigenvalue weighted by atomic mass is 79.9. The molecule has 0 atom stereocenters. The van der Waals surface area contributed by atoms with Gasteiger partial charge >= 0.3 is 5.97 Å². The van der Waals surface area contributed by atoms with Crippen molar-refractivity contribution in [3.8, 4) is 5.75 Å². The summed E-state index contributed by atoms with van der Waals surface area (Å²) in [5.74, 6) is -1.38. The molecule has 0 spiro atoms. The van der Waals surface area contributed by atoms with Crippen molar-refractivity contribution in [2.45, 2.75) is 13.8 Å². The normalized spacial score (nSPS) is 10.2. The zero-order valence-electron chi connectivity index (χ0n) is 13.8. The van der Waals surface area contributed by atoms with Gasteiger partial charge in [-0.2, -0.15) is 0 Å². The van der Waals surface area contributed by atoms with Crippen molar-refractivity contribution in [1.29, 1.82) is 0 Å². The average molecular weight is 410 g/mol. The van der Waals surface area contributed by atoms with Gasteiger partial charge in [0.15, 0.2) is 13.2 Å². The molecule has 2 rings (SSSR count). The van der Waals surface area contributed by atoms with Crippen molar-refractivity contribution in [3.05, 3.63) is 57.8 Å². The summed E-state index contributed by atoms with van der Waals surface area (Å²) in [5.41, 5.74) is 2.17. The SMILES string of the molecule is Cc1ccc(OCC(=O)OCC(=O)Nc2ccc(Br)cc2F)cc1C. The van der Waals surface area contributed by atoms with Gasteiger partial charge in [0.2, 0.25) is 0 Å². The van der Waals surface area contributed by atoms with Gasteiger partial charge < -0.3 is 14.8 Å². The van der Waals surface area contributed by atoms with Crippen LogP contribution in [0.3, 0.4) is 0 Å². The van der Waals surface area contributed by atoms with E-state index in [1.807, 2.05) is 26.0 Å². The standard InChI is InChI=1S/C18H17BrFNO4/c1-11-3-5-14(7-12(11)2)24-10-18(23)25-9-17(22)21-16-6-4-13(19)8-15(16)20/h3-8H,9-10H2,1-2H3,(H,21,22). The lowest BCUT2D eigenvalue weighted by atomic mass is 10.1. The fraction of sp³-hybridized carbons (Fsp3) is 0.222. The quantitative estimate of drug-likeness (QED) is 0.737. The number of hydrogen-bond donors (Lipinski definition) is 1. The van der Waals surface area contributed by atoms with E-state index in [4.69, 9.17) is 9.47 Å². The number of ether oxygens (including phenoxy) is 2. The third-order valence-corrected chi connectivity index (χ3v) is 3.90. The lowest BCUT2D eigenvalue weighted by Crippen LogP contribution is -2.24. The zero-order valence-corrected chi connectivity index (χ0v) is 15.4. The first-order valence-corrected chi connectivity index (χ1v) is 8.25. The van der Waals surface area contributed by atoms with Crippen LogP contribution in [0.25, 0.3) is 0 Å². The van der Waals surface area contributed by atoms with E-state index in [-0.39, 0.29) is 12.3 Å². The van der Waals surface area contributed by atoms with Crippen molar-refractivity contribution in [2.24, 2.45) is 0 Å². The van der Waals surface area contributed by atoms with E-state index >= 15 is 0 Å². The first-order valence-electron chi connectivity index (χ1n) is 7.45. The van der Waals surface area contributed by atoms with E-state index in [1.54, 1.807) is 12.1 Å². The molecule has 2 aromatic carbocycles. The molecule has 0 aromatic heterocycles. The Hall–Kier alpha value is -2.41.